The number of carbonyl (C=O) groups is 2. The highest BCUT2D eigenvalue weighted by Crippen LogP contribution is 2.25. The molecule has 0 fully saturated rings. The maximum absolute atomic E-state index is 11.8. The number of aliphatic hydroxyl groups excluding tert-OH is 1. The molecule has 18 heavy (non-hydrogen) atoms. The van der Waals surface area contributed by atoms with E-state index in [0.29, 0.717) is 4.47 Å². The van der Waals surface area contributed by atoms with Crippen molar-refractivity contribution < 1.29 is 19.8 Å². The minimum Gasteiger partial charge on any atom is -0.480 e. The van der Waals surface area contributed by atoms with E-state index in [1.165, 1.54) is 6.07 Å². The monoisotopic (exact) mass is 335 g/mol. The summed E-state index contributed by atoms with van der Waals surface area (Å²) in [7, 11) is 0. The highest BCUT2D eigenvalue weighted by Gasteiger charge is 2.21. The zero-order valence-electron chi connectivity index (χ0n) is 9.19. The van der Waals surface area contributed by atoms with Gasteiger partial charge in [-0.15, -0.1) is 0 Å². The molecule has 98 valence electrons. The lowest BCUT2D eigenvalue weighted by Gasteiger charge is -2.14. The fraction of sp³-hybridized carbons (Fsp3) is 0.273. The Morgan fingerprint density at radius 3 is 2.67 bits per heavy atom. The Kier molecular flexibility index (Phi) is 5.58. The van der Waals surface area contributed by atoms with Gasteiger partial charge in [-0.1, -0.05) is 17.7 Å². The van der Waals surface area contributed by atoms with Gasteiger partial charge in [-0.2, -0.15) is 0 Å². The number of benzene rings is 1. The van der Waals surface area contributed by atoms with Gasteiger partial charge in [0.2, 0.25) is 0 Å². The second kappa shape index (κ2) is 6.72. The predicted octanol–water partition coefficient (Wildman–Crippen LogP) is 1.67. The molecule has 1 aromatic rings. The van der Waals surface area contributed by atoms with Crippen molar-refractivity contribution in [2.75, 3.05) is 6.61 Å². The van der Waals surface area contributed by atoms with Crippen LogP contribution in [0, 0.1) is 0 Å². The van der Waals surface area contributed by atoms with Crippen molar-refractivity contribution in [3.8, 4) is 0 Å². The third kappa shape index (κ3) is 3.69. The minimum absolute atomic E-state index is 0.0628. The molecule has 0 spiro atoms. The lowest BCUT2D eigenvalue weighted by molar-refractivity contribution is -0.139. The van der Waals surface area contributed by atoms with Crippen molar-refractivity contribution in [2.45, 2.75) is 12.5 Å². The summed E-state index contributed by atoms with van der Waals surface area (Å²) < 4.78 is 0.547. The number of carbonyl (C=O) groups excluding carboxylic acids is 1. The van der Waals surface area contributed by atoms with Crippen LogP contribution in [0.4, 0.5) is 0 Å². The first kappa shape index (κ1) is 14.9. The molecule has 0 heterocycles. The molecule has 0 aliphatic carbocycles. The molecule has 0 saturated heterocycles. The topological polar surface area (TPSA) is 86.6 Å². The van der Waals surface area contributed by atoms with Crippen LogP contribution in [-0.2, 0) is 4.79 Å². The van der Waals surface area contributed by atoms with Crippen LogP contribution in [0.15, 0.2) is 22.7 Å². The van der Waals surface area contributed by atoms with E-state index in [2.05, 4.69) is 21.2 Å². The van der Waals surface area contributed by atoms with E-state index >= 15 is 0 Å². The number of carboxylic acids is 1. The predicted molar refractivity (Wildman–Crippen MR) is 69.7 cm³/mol. The van der Waals surface area contributed by atoms with Crippen molar-refractivity contribution in [3.63, 3.8) is 0 Å². The van der Waals surface area contributed by atoms with Crippen molar-refractivity contribution in [3.05, 3.63) is 33.3 Å². The Morgan fingerprint density at radius 2 is 2.11 bits per heavy atom. The lowest BCUT2D eigenvalue weighted by atomic mass is 10.1. The van der Waals surface area contributed by atoms with Gasteiger partial charge in [-0.3, -0.25) is 4.79 Å². The van der Waals surface area contributed by atoms with Gasteiger partial charge in [0.1, 0.15) is 6.04 Å². The van der Waals surface area contributed by atoms with E-state index in [1.807, 2.05) is 0 Å². The zero-order chi connectivity index (χ0) is 13.7. The number of carboxylic acid groups (broad SMARTS) is 1. The second-order valence-electron chi connectivity index (χ2n) is 3.48. The molecule has 1 amide bonds. The minimum atomic E-state index is -1.21. The number of nitrogens with one attached hydrogen (secondary N) is 1. The standard InChI is InChI=1S/C11H11BrClNO4/c12-7-3-1-2-6(9(7)13)10(16)14-8(4-5-15)11(17)18/h1-3,8,15H,4-5H2,(H,14,16)(H,17,18)/t8-/m0/s1. The molecule has 0 aliphatic heterocycles. The van der Waals surface area contributed by atoms with Crippen LogP contribution < -0.4 is 5.32 Å². The van der Waals surface area contributed by atoms with Crippen LogP contribution in [0.25, 0.3) is 0 Å². The summed E-state index contributed by atoms with van der Waals surface area (Å²) in [6.45, 7) is -0.330. The molecule has 0 saturated carbocycles. The van der Waals surface area contributed by atoms with Gasteiger partial charge in [-0.25, -0.2) is 4.79 Å². The van der Waals surface area contributed by atoms with Crippen LogP contribution in [0.1, 0.15) is 16.8 Å². The summed E-state index contributed by atoms with van der Waals surface area (Å²) in [6.07, 6.45) is -0.0628. The summed E-state index contributed by atoms with van der Waals surface area (Å²) >= 11 is 9.10. The van der Waals surface area contributed by atoms with E-state index in [1.54, 1.807) is 12.1 Å². The number of halogens is 2. The number of aliphatic carboxylic acids is 1. The molecule has 0 bridgehead atoms. The fourth-order valence-corrected chi connectivity index (χ4v) is 1.88. The van der Waals surface area contributed by atoms with E-state index in [4.69, 9.17) is 21.8 Å². The van der Waals surface area contributed by atoms with Crippen molar-refractivity contribution in [2.24, 2.45) is 0 Å². The highest BCUT2D eigenvalue weighted by molar-refractivity contribution is 9.10. The van der Waals surface area contributed by atoms with Crippen LogP contribution in [0.2, 0.25) is 5.02 Å². The Balaban J connectivity index is 2.87. The van der Waals surface area contributed by atoms with Crippen LogP contribution >= 0.6 is 27.5 Å². The van der Waals surface area contributed by atoms with Crippen LogP contribution in [0.3, 0.4) is 0 Å². The highest BCUT2D eigenvalue weighted by atomic mass is 79.9. The van der Waals surface area contributed by atoms with E-state index in [-0.39, 0.29) is 23.6 Å². The molecule has 3 N–H and O–H groups in total. The van der Waals surface area contributed by atoms with Crippen molar-refractivity contribution >= 4 is 39.4 Å². The Bertz CT molecular complexity index is 466. The normalized spacial score (nSPS) is 11.9. The number of amides is 1. The van der Waals surface area contributed by atoms with Crippen molar-refractivity contribution in [1.82, 2.24) is 5.32 Å². The first-order valence-electron chi connectivity index (χ1n) is 5.06. The molecule has 5 nitrogen and oxygen atoms in total. The molecule has 0 radical (unpaired) electrons. The molecular formula is C11H11BrClNO4. The number of hydrogen-bond acceptors (Lipinski definition) is 3. The molecule has 1 rings (SSSR count). The smallest absolute Gasteiger partial charge is 0.326 e. The van der Waals surface area contributed by atoms with Gasteiger partial charge in [0, 0.05) is 17.5 Å². The Labute approximate surface area is 117 Å². The SMILES string of the molecule is O=C(N[C@@H](CCO)C(=O)O)c1cccc(Br)c1Cl. The summed E-state index contributed by atoms with van der Waals surface area (Å²) in [5, 5.41) is 20.1. The van der Waals surface area contributed by atoms with Gasteiger partial charge in [0.25, 0.3) is 5.91 Å². The molecular weight excluding hydrogens is 325 g/mol. The maximum atomic E-state index is 11.8. The fourth-order valence-electron chi connectivity index (χ4n) is 1.30. The lowest BCUT2D eigenvalue weighted by Crippen LogP contribution is -2.41. The average molecular weight is 337 g/mol. The number of hydrogen-bond donors (Lipinski definition) is 3. The van der Waals surface area contributed by atoms with Crippen LogP contribution in [-0.4, -0.2) is 34.7 Å². The van der Waals surface area contributed by atoms with Crippen molar-refractivity contribution in [1.29, 1.82) is 0 Å². The van der Waals surface area contributed by atoms with Crippen LogP contribution in [0.5, 0.6) is 0 Å². The molecule has 0 unspecified atom stereocenters. The molecule has 1 aromatic carbocycles. The quantitative estimate of drug-likeness (QED) is 0.763. The first-order valence-corrected chi connectivity index (χ1v) is 6.23. The van der Waals surface area contributed by atoms with Gasteiger partial charge in [0.05, 0.1) is 10.6 Å². The summed E-state index contributed by atoms with van der Waals surface area (Å²) in [5.74, 6) is -1.80. The maximum Gasteiger partial charge on any atom is 0.326 e. The average Bonchev–Trinajstić information content (AvgIpc) is 2.31. The first-order chi connectivity index (χ1) is 8.47. The van der Waals surface area contributed by atoms with Gasteiger partial charge < -0.3 is 15.5 Å². The number of rotatable bonds is 5. The molecule has 7 heteroatoms. The van der Waals surface area contributed by atoms with E-state index in [0.717, 1.165) is 0 Å². The number of aliphatic hydroxyl groups is 1. The third-order valence-corrected chi connectivity index (χ3v) is 3.51. The second-order valence-corrected chi connectivity index (χ2v) is 4.71. The largest absolute Gasteiger partial charge is 0.480 e. The summed E-state index contributed by atoms with van der Waals surface area (Å²) in [5.41, 5.74) is 0.176. The molecule has 0 aromatic heterocycles. The van der Waals surface area contributed by atoms with E-state index in [9.17, 15) is 9.59 Å². The van der Waals surface area contributed by atoms with Gasteiger partial charge in [-0.05, 0) is 28.1 Å². The molecule has 0 aliphatic rings. The zero-order valence-corrected chi connectivity index (χ0v) is 11.5. The Morgan fingerprint density at radius 1 is 1.44 bits per heavy atom. The summed E-state index contributed by atoms with van der Waals surface area (Å²) in [6, 6.07) is 3.63. The summed E-state index contributed by atoms with van der Waals surface area (Å²) in [4.78, 5) is 22.7. The Hall–Kier alpha value is -1.11. The third-order valence-electron chi connectivity index (χ3n) is 2.22. The molecule has 1 atom stereocenters. The van der Waals surface area contributed by atoms with Gasteiger partial charge >= 0.3 is 5.97 Å². The van der Waals surface area contributed by atoms with E-state index < -0.39 is 17.9 Å². The van der Waals surface area contributed by atoms with Gasteiger partial charge in [0.15, 0.2) is 0 Å².